The lowest BCUT2D eigenvalue weighted by atomic mass is 10.1. The molecule has 0 aliphatic rings. The van der Waals surface area contributed by atoms with Crippen LogP contribution in [0.4, 0.5) is 11.4 Å². The molecule has 0 saturated heterocycles. The maximum atomic E-state index is 12.1. The third-order valence-corrected chi connectivity index (χ3v) is 3.52. The summed E-state index contributed by atoms with van der Waals surface area (Å²) in [5.41, 5.74) is 3.18. The van der Waals surface area contributed by atoms with E-state index in [0.29, 0.717) is 17.1 Å². The maximum Gasteiger partial charge on any atom is 0.228 e. The van der Waals surface area contributed by atoms with Crippen LogP contribution in [-0.2, 0) is 16.0 Å². The van der Waals surface area contributed by atoms with Crippen molar-refractivity contribution >= 4 is 23.2 Å². The summed E-state index contributed by atoms with van der Waals surface area (Å²) >= 11 is 0. The molecule has 6 nitrogen and oxygen atoms in total. The van der Waals surface area contributed by atoms with Gasteiger partial charge in [-0.2, -0.15) is 0 Å². The lowest BCUT2D eigenvalue weighted by molar-refractivity contribution is -0.116. The van der Waals surface area contributed by atoms with Crippen LogP contribution < -0.4 is 10.6 Å². The van der Waals surface area contributed by atoms with E-state index in [9.17, 15) is 9.59 Å². The number of oxazole rings is 1. The van der Waals surface area contributed by atoms with Crippen LogP contribution in [0.15, 0.2) is 65.5 Å². The van der Waals surface area contributed by atoms with Gasteiger partial charge in [-0.05, 0) is 42.0 Å². The molecule has 2 amide bonds. The van der Waals surface area contributed by atoms with Crippen molar-refractivity contribution < 1.29 is 14.0 Å². The molecule has 0 bridgehead atoms. The van der Waals surface area contributed by atoms with E-state index in [1.165, 1.54) is 13.3 Å². The molecule has 6 heteroatoms. The fourth-order valence-electron chi connectivity index (χ4n) is 2.38. The standard InChI is InChI=1S/C19H17N3O3/c1-13(23)21-16-6-2-14(3-7-16)10-19(24)22-17-8-4-15(5-9-17)18-11-20-12-25-18/h2-9,11-12H,10H2,1H3,(H,21,23)(H,22,24). The fraction of sp³-hybridized carbons (Fsp3) is 0.105. The minimum absolute atomic E-state index is 0.111. The lowest BCUT2D eigenvalue weighted by Gasteiger charge is -2.07. The van der Waals surface area contributed by atoms with E-state index in [0.717, 1.165) is 11.1 Å². The van der Waals surface area contributed by atoms with Gasteiger partial charge in [0.1, 0.15) is 0 Å². The van der Waals surface area contributed by atoms with Gasteiger partial charge in [0.05, 0.1) is 12.6 Å². The van der Waals surface area contributed by atoms with Crippen molar-refractivity contribution in [1.29, 1.82) is 0 Å². The SMILES string of the molecule is CC(=O)Nc1ccc(CC(=O)Nc2ccc(-c3cnco3)cc2)cc1. The number of anilines is 2. The minimum Gasteiger partial charge on any atom is -0.444 e. The van der Waals surface area contributed by atoms with E-state index in [1.807, 2.05) is 36.4 Å². The van der Waals surface area contributed by atoms with Crippen molar-refractivity contribution in [3.63, 3.8) is 0 Å². The number of nitrogens with one attached hydrogen (secondary N) is 2. The van der Waals surface area contributed by atoms with Crippen molar-refractivity contribution in [3.8, 4) is 11.3 Å². The van der Waals surface area contributed by atoms with Gasteiger partial charge in [-0.3, -0.25) is 9.59 Å². The van der Waals surface area contributed by atoms with Gasteiger partial charge in [0.25, 0.3) is 0 Å². The highest BCUT2D eigenvalue weighted by molar-refractivity contribution is 5.92. The summed E-state index contributed by atoms with van der Waals surface area (Å²) in [6.07, 6.45) is 3.27. The Morgan fingerprint density at radius 2 is 1.60 bits per heavy atom. The summed E-state index contributed by atoms with van der Waals surface area (Å²) in [6.45, 7) is 1.45. The Morgan fingerprint density at radius 3 is 2.20 bits per heavy atom. The Bertz CT molecular complexity index is 854. The molecule has 0 saturated carbocycles. The van der Waals surface area contributed by atoms with Crippen molar-refractivity contribution in [2.75, 3.05) is 10.6 Å². The molecule has 0 spiro atoms. The van der Waals surface area contributed by atoms with Crippen LogP contribution in [0.3, 0.4) is 0 Å². The monoisotopic (exact) mass is 335 g/mol. The molecule has 25 heavy (non-hydrogen) atoms. The van der Waals surface area contributed by atoms with Crippen LogP contribution in [0.25, 0.3) is 11.3 Å². The van der Waals surface area contributed by atoms with Gasteiger partial charge in [-0.15, -0.1) is 0 Å². The van der Waals surface area contributed by atoms with Gasteiger partial charge in [0, 0.05) is 23.9 Å². The summed E-state index contributed by atoms with van der Waals surface area (Å²) in [5, 5.41) is 5.55. The largest absolute Gasteiger partial charge is 0.444 e. The molecule has 1 heterocycles. The predicted octanol–water partition coefficient (Wildman–Crippen LogP) is 3.48. The predicted molar refractivity (Wildman–Crippen MR) is 95.0 cm³/mol. The van der Waals surface area contributed by atoms with Crippen molar-refractivity contribution in [3.05, 3.63) is 66.7 Å². The van der Waals surface area contributed by atoms with Crippen LogP contribution in [0.5, 0.6) is 0 Å². The van der Waals surface area contributed by atoms with E-state index >= 15 is 0 Å². The first-order chi connectivity index (χ1) is 12.1. The average Bonchev–Trinajstić information content (AvgIpc) is 3.11. The zero-order valence-electron chi connectivity index (χ0n) is 13.7. The Labute approximate surface area is 144 Å². The Hall–Kier alpha value is -3.41. The van der Waals surface area contributed by atoms with E-state index in [1.54, 1.807) is 18.3 Å². The topological polar surface area (TPSA) is 84.2 Å². The van der Waals surface area contributed by atoms with E-state index in [-0.39, 0.29) is 18.2 Å². The highest BCUT2D eigenvalue weighted by atomic mass is 16.3. The second kappa shape index (κ2) is 7.44. The molecule has 3 aromatic rings. The molecule has 0 aliphatic heterocycles. The molecule has 2 aromatic carbocycles. The summed E-state index contributed by atoms with van der Waals surface area (Å²) in [4.78, 5) is 27.0. The molecular formula is C19H17N3O3. The van der Waals surface area contributed by atoms with Gasteiger partial charge in [0.2, 0.25) is 11.8 Å². The molecule has 3 rings (SSSR count). The average molecular weight is 335 g/mol. The summed E-state index contributed by atoms with van der Waals surface area (Å²) in [6, 6.07) is 14.5. The molecule has 126 valence electrons. The number of aromatic nitrogens is 1. The number of nitrogens with zero attached hydrogens (tertiary/aromatic N) is 1. The number of carbonyl (C=O) groups excluding carboxylic acids is 2. The van der Waals surface area contributed by atoms with Crippen LogP contribution in [-0.4, -0.2) is 16.8 Å². The molecule has 0 radical (unpaired) electrons. The van der Waals surface area contributed by atoms with Gasteiger partial charge in [-0.1, -0.05) is 12.1 Å². The van der Waals surface area contributed by atoms with Gasteiger partial charge in [0.15, 0.2) is 12.2 Å². The summed E-state index contributed by atoms with van der Waals surface area (Å²) in [5.74, 6) is 0.441. The summed E-state index contributed by atoms with van der Waals surface area (Å²) in [7, 11) is 0. The maximum absolute atomic E-state index is 12.1. The zero-order valence-corrected chi connectivity index (χ0v) is 13.7. The number of amides is 2. The first-order valence-electron chi connectivity index (χ1n) is 7.75. The second-order valence-corrected chi connectivity index (χ2v) is 5.55. The molecule has 0 fully saturated rings. The zero-order chi connectivity index (χ0) is 17.6. The van der Waals surface area contributed by atoms with Crippen molar-refractivity contribution in [1.82, 2.24) is 4.98 Å². The number of carbonyl (C=O) groups is 2. The number of benzene rings is 2. The first-order valence-corrected chi connectivity index (χ1v) is 7.75. The summed E-state index contributed by atoms with van der Waals surface area (Å²) < 4.78 is 5.23. The van der Waals surface area contributed by atoms with Crippen LogP contribution in [0.1, 0.15) is 12.5 Å². The van der Waals surface area contributed by atoms with Gasteiger partial charge in [-0.25, -0.2) is 4.98 Å². The number of rotatable bonds is 5. The Morgan fingerprint density at radius 1 is 0.960 bits per heavy atom. The molecule has 2 N–H and O–H groups in total. The Kier molecular flexibility index (Phi) is 4.89. The first kappa shape index (κ1) is 16.4. The molecule has 0 atom stereocenters. The molecular weight excluding hydrogens is 318 g/mol. The lowest BCUT2D eigenvalue weighted by Crippen LogP contribution is -2.14. The van der Waals surface area contributed by atoms with Crippen molar-refractivity contribution in [2.24, 2.45) is 0 Å². The number of hydrogen-bond donors (Lipinski definition) is 2. The smallest absolute Gasteiger partial charge is 0.228 e. The normalized spacial score (nSPS) is 10.3. The van der Waals surface area contributed by atoms with E-state index in [4.69, 9.17) is 4.42 Å². The quantitative estimate of drug-likeness (QED) is 0.747. The van der Waals surface area contributed by atoms with Gasteiger partial charge < -0.3 is 15.1 Å². The number of hydrogen-bond acceptors (Lipinski definition) is 4. The van der Waals surface area contributed by atoms with E-state index < -0.39 is 0 Å². The molecule has 1 aromatic heterocycles. The third kappa shape index (κ3) is 4.54. The van der Waals surface area contributed by atoms with Crippen LogP contribution in [0, 0.1) is 0 Å². The fourth-order valence-corrected chi connectivity index (χ4v) is 2.38. The van der Waals surface area contributed by atoms with Crippen LogP contribution in [0.2, 0.25) is 0 Å². The molecule has 0 aliphatic carbocycles. The highest BCUT2D eigenvalue weighted by Crippen LogP contribution is 2.21. The van der Waals surface area contributed by atoms with E-state index in [2.05, 4.69) is 15.6 Å². The van der Waals surface area contributed by atoms with Gasteiger partial charge >= 0.3 is 0 Å². The van der Waals surface area contributed by atoms with Crippen LogP contribution >= 0.6 is 0 Å². The second-order valence-electron chi connectivity index (χ2n) is 5.55. The Balaban J connectivity index is 1.58. The molecule has 0 unspecified atom stereocenters. The minimum atomic E-state index is -0.126. The van der Waals surface area contributed by atoms with Crippen molar-refractivity contribution in [2.45, 2.75) is 13.3 Å². The highest BCUT2D eigenvalue weighted by Gasteiger charge is 2.06. The third-order valence-electron chi connectivity index (χ3n) is 3.52.